The van der Waals surface area contributed by atoms with Crippen LogP contribution in [0.25, 0.3) is 0 Å². The zero-order chi connectivity index (χ0) is 7.68. The van der Waals surface area contributed by atoms with E-state index in [1.54, 1.807) is 12.3 Å². The van der Waals surface area contributed by atoms with Gasteiger partial charge < -0.3 is 10.3 Å². The Kier molecular flexibility index (Phi) is 2.89. The molecule has 12 heavy (non-hydrogen) atoms. The minimum atomic E-state index is 0. The van der Waals surface area contributed by atoms with E-state index in [1.807, 2.05) is 0 Å². The number of pyridine rings is 1. The van der Waals surface area contributed by atoms with Crippen molar-refractivity contribution in [1.82, 2.24) is 10.3 Å². The molecule has 0 bridgehead atoms. The third-order valence-electron chi connectivity index (χ3n) is 1.99. The van der Waals surface area contributed by atoms with Crippen molar-refractivity contribution < 1.29 is 0 Å². The lowest BCUT2D eigenvalue weighted by molar-refractivity contribution is 0.639. The lowest BCUT2D eigenvalue weighted by Crippen LogP contribution is -2.25. The SMILES string of the molecule is Cl.O=c1cc2c(c[nH]1)CNCC2. The molecule has 1 aliphatic rings. The van der Waals surface area contributed by atoms with Gasteiger partial charge >= 0.3 is 0 Å². The normalized spacial score (nSPS) is 14.7. The molecule has 1 aromatic rings. The van der Waals surface area contributed by atoms with Crippen LogP contribution < -0.4 is 10.9 Å². The number of halogens is 1. The molecular weight excluding hydrogens is 176 g/mol. The summed E-state index contributed by atoms with van der Waals surface area (Å²) in [5, 5.41) is 3.24. The van der Waals surface area contributed by atoms with E-state index in [9.17, 15) is 4.79 Å². The average molecular weight is 187 g/mol. The topological polar surface area (TPSA) is 44.9 Å². The van der Waals surface area contributed by atoms with Crippen LogP contribution in [-0.4, -0.2) is 11.5 Å². The van der Waals surface area contributed by atoms with Gasteiger partial charge in [-0.1, -0.05) is 0 Å². The summed E-state index contributed by atoms with van der Waals surface area (Å²) in [5.74, 6) is 0. The average Bonchev–Trinajstić information content (AvgIpc) is 2.04. The number of aromatic amines is 1. The smallest absolute Gasteiger partial charge is 0.248 e. The van der Waals surface area contributed by atoms with Gasteiger partial charge in [0.15, 0.2) is 0 Å². The van der Waals surface area contributed by atoms with Gasteiger partial charge in [-0.3, -0.25) is 4.79 Å². The van der Waals surface area contributed by atoms with Gasteiger partial charge in [0.05, 0.1) is 0 Å². The third kappa shape index (κ3) is 1.68. The van der Waals surface area contributed by atoms with E-state index in [-0.39, 0.29) is 18.0 Å². The first kappa shape index (κ1) is 9.29. The Hall–Kier alpha value is -0.800. The molecule has 0 spiro atoms. The first-order valence-electron chi connectivity index (χ1n) is 3.77. The van der Waals surface area contributed by atoms with Crippen molar-refractivity contribution in [2.24, 2.45) is 0 Å². The fourth-order valence-electron chi connectivity index (χ4n) is 1.39. The summed E-state index contributed by atoms with van der Waals surface area (Å²) in [5.41, 5.74) is 2.41. The van der Waals surface area contributed by atoms with Gasteiger partial charge in [-0.15, -0.1) is 12.4 Å². The van der Waals surface area contributed by atoms with Gasteiger partial charge in [-0.2, -0.15) is 0 Å². The van der Waals surface area contributed by atoms with Crippen LogP contribution in [0, 0.1) is 0 Å². The molecule has 0 fully saturated rings. The molecule has 0 unspecified atom stereocenters. The van der Waals surface area contributed by atoms with Gasteiger partial charge in [0.25, 0.3) is 0 Å². The van der Waals surface area contributed by atoms with Gasteiger partial charge in [0.2, 0.25) is 5.56 Å². The third-order valence-corrected chi connectivity index (χ3v) is 1.99. The molecule has 0 aromatic carbocycles. The van der Waals surface area contributed by atoms with Crippen LogP contribution in [0.5, 0.6) is 0 Å². The molecule has 0 radical (unpaired) electrons. The first-order valence-corrected chi connectivity index (χ1v) is 3.77. The summed E-state index contributed by atoms with van der Waals surface area (Å²) in [6, 6.07) is 1.69. The van der Waals surface area contributed by atoms with Crippen LogP contribution in [0.3, 0.4) is 0 Å². The Bertz CT molecular complexity index is 321. The summed E-state index contributed by atoms with van der Waals surface area (Å²) < 4.78 is 0. The lowest BCUT2D eigenvalue weighted by atomic mass is 10.0. The Balaban J connectivity index is 0.000000720. The molecule has 0 saturated carbocycles. The zero-order valence-corrected chi connectivity index (χ0v) is 7.41. The predicted octanol–water partition coefficient (Wildman–Crippen LogP) is 0.442. The van der Waals surface area contributed by atoms with E-state index < -0.39 is 0 Å². The van der Waals surface area contributed by atoms with Crippen LogP contribution in [0.15, 0.2) is 17.1 Å². The Morgan fingerprint density at radius 3 is 3.00 bits per heavy atom. The summed E-state index contributed by atoms with van der Waals surface area (Å²) in [4.78, 5) is 13.5. The quantitative estimate of drug-likeness (QED) is 0.618. The molecule has 66 valence electrons. The van der Waals surface area contributed by atoms with Gasteiger partial charge in [-0.25, -0.2) is 0 Å². The maximum atomic E-state index is 10.9. The zero-order valence-electron chi connectivity index (χ0n) is 6.59. The monoisotopic (exact) mass is 186 g/mol. The molecule has 2 heterocycles. The molecule has 0 atom stereocenters. The molecule has 1 aromatic heterocycles. The second-order valence-corrected chi connectivity index (χ2v) is 2.77. The summed E-state index contributed by atoms with van der Waals surface area (Å²) in [6.45, 7) is 1.86. The number of hydrogen-bond donors (Lipinski definition) is 2. The molecule has 3 nitrogen and oxygen atoms in total. The summed E-state index contributed by atoms with van der Waals surface area (Å²) in [7, 11) is 0. The largest absolute Gasteiger partial charge is 0.329 e. The van der Waals surface area contributed by atoms with Crippen LogP contribution >= 0.6 is 12.4 Å². The van der Waals surface area contributed by atoms with Crippen molar-refractivity contribution in [2.45, 2.75) is 13.0 Å². The number of nitrogens with one attached hydrogen (secondary N) is 2. The highest BCUT2D eigenvalue weighted by atomic mass is 35.5. The molecule has 0 aliphatic carbocycles. The van der Waals surface area contributed by atoms with Crippen LogP contribution in [0.4, 0.5) is 0 Å². The van der Waals surface area contributed by atoms with Crippen LogP contribution in [-0.2, 0) is 13.0 Å². The Morgan fingerprint density at radius 2 is 2.17 bits per heavy atom. The fourth-order valence-corrected chi connectivity index (χ4v) is 1.39. The molecule has 4 heteroatoms. The minimum Gasteiger partial charge on any atom is -0.329 e. The highest BCUT2D eigenvalue weighted by molar-refractivity contribution is 5.85. The van der Waals surface area contributed by atoms with Crippen molar-refractivity contribution in [3.8, 4) is 0 Å². The summed E-state index contributed by atoms with van der Waals surface area (Å²) in [6.07, 6.45) is 2.77. The molecule has 1 aliphatic heterocycles. The van der Waals surface area contributed by atoms with Crippen molar-refractivity contribution in [1.29, 1.82) is 0 Å². The van der Waals surface area contributed by atoms with E-state index in [2.05, 4.69) is 10.3 Å². The predicted molar refractivity (Wildman–Crippen MR) is 49.7 cm³/mol. The number of hydrogen-bond acceptors (Lipinski definition) is 2. The minimum absolute atomic E-state index is 0. The van der Waals surface area contributed by atoms with Crippen LogP contribution in [0.2, 0.25) is 0 Å². The number of aromatic nitrogens is 1. The van der Waals surface area contributed by atoms with Crippen molar-refractivity contribution in [3.63, 3.8) is 0 Å². The second-order valence-electron chi connectivity index (χ2n) is 2.77. The van der Waals surface area contributed by atoms with E-state index in [0.29, 0.717) is 0 Å². The summed E-state index contributed by atoms with van der Waals surface area (Å²) >= 11 is 0. The van der Waals surface area contributed by atoms with Crippen molar-refractivity contribution in [3.05, 3.63) is 33.7 Å². The number of fused-ring (bicyclic) bond motifs is 1. The van der Waals surface area contributed by atoms with E-state index in [4.69, 9.17) is 0 Å². The van der Waals surface area contributed by atoms with E-state index in [1.165, 1.54) is 11.1 Å². The van der Waals surface area contributed by atoms with Gasteiger partial charge in [-0.05, 0) is 24.1 Å². The second kappa shape index (κ2) is 3.74. The molecule has 2 N–H and O–H groups in total. The number of H-pyrrole nitrogens is 1. The lowest BCUT2D eigenvalue weighted by Gasteiger charge is -2.15. The van der Waals surface area contributed by atoms with E-state index in [0.717, 1.165) is 19.5 Å². The Labute approximate surface area is 76.6 Å². The van der Waals surface area contributed by atoms with Gasteiger partial charge in [0.1, 0.15) is 0 Å². The number of rotatable bonds is 0. The van der Waals surface area contributed by atoms with Crippen molar-refractivity contribution >= 4 is 12.4 Å². The first-order chi connectivity index (χ1) is 5.36. The molecule has 0 amide bonds. The standard InChI is InChI=1S/C8H10N2O.ClH/c11-8-3-6-1-2-9-4-7(6)5-10-8;/h3,5,9H,1-2,4H2,(H,10,11);1H. The fraction of sp³-hybridized carbons (Fsp3) is 0.375. The molecule has 2 rings (SSSR count). The highest BCUT2D eigenvalue weighted by Gasteiger charge is 2.07. The van der Waals surface area contributed by atoms with Crippen molar-refractivity contribution in [2.75, 3.05) is 6.54 Å². The van der Waals surface area contributed by atoms with Crippen LogP contribution in [0.1, 0.15) is 11.1 Å². The molecule has 0 saturated heterocycles. The van der Waals surface area contributed by atoms with E-state index >= 15 is 0 Å². The molecular formula is C8H11ClN2O. The maximum absolute atomic E-state index is 10.9. The van der Waals surface area contributed by atoms with Gasteiger partial charge in [0, 0.05) is 18.8 Å². The highest BCUT2D eigenvalue weighted by Crippen LogP contribution is 2.08. The maximum Gasteiger partial charge on any atom is 0.248 e. The Morgan fingerprint density at radius 1 is 1.33 bits per heavy atom.